The second-order valence-corrected chi connectivity index (χ2v) is 4.91. The summed E-state index contributed by atoms with van der Waals surface area (Å²) in [5, 5.41) is 9.45. The molecular formula is C13H19NO3. The van der Waals surface area contributed by atoms with Crippen molar-refractivity contribution in [2.24, 2.45) is 0 Å². The van der Waals surface area contributed by atoms with Crippen LogP contribution in [0.2, 0.25) is 0 Å². The van der Waals surface area contributed by atoms with Gasteiger partial charge in [0.2, 0.25) is 0 Å². The first kappa shape index (κ1) is 12.2. The molecule has 1 N–H and O–H groups in total. The molecule has 1 heterocycles. The number of carbonyl (C=O) groups is 1. The van der Waals surface area contributed by atoms with Crippen LogP contribution in [-0.2, 0) is 11.3 Å². The first-order valence-electron chi connectivity index (χ1n) is 6.04. The minimum absolute atomic E-state index is 0.556. The minimum Gasteiger partial charge on any atom is -0.480 e. The van der Waals surface area contributed by atoms with Crippen molar-refractivity contribution in [1.29, 1.82) is 0 Å². The summed E-state index contributed by atoms with van der Waals surface area (Å²) in [5.41, 5.74) is -0.694. The Kier molecular flexibility index (Phi) is 3.24. The molecule has 1 fully saturated rings. The SMILES string of the molecule is Cc1ccc(CN(C)C2(C(=O)O)CCCC2)o1. The average molecular weight is 237 g/mol. The lowest BCUT2D eigenvalue weighted by Gasteiger charge is -2.34. The molecule has 17 heavy (non-hydrogen) atoms. The number of furan rings is 1. The predicted octanol–water partition coefficient (Wildman–Crippen LogP) is 2.42. The molecule has 1 aromatic heterocycles. The predicted molar refractivity (Wildman–Crippen MR) is 63.7 cm³/mol. The van der Waals surface area contributed by atoms with Crippen molar-refractivity contribution < 1.29 is 14.3 Å². The molecule has 1 saturated carbocycles. The lowest BCUT2D eigenvalue weighted by atomic mass is 9.95. The van der Waals surface area contributed by atoms with Gasteiger partial charge in [-0.05, 0) is 38.9 Å². The van der Waals surface area contributed by atoms with Crippen molar-refractivity contribution in [2.75, 3.05) is 7.05 Å². The lowest BCUT2D eigenvalue weighted by Crippen LogP contribution is -2.50. The Bertz CT molecular complexity index is 405. The maximum Gasteiger partial charge on any atom is 0.324 e. The van der Waals surface area contributed by atoms with Crippen LogP contribution in [0.1, 0.15) is 37.2 Å². The van der Waals surface area contributed by atoms with Gasteiger partial charge in [0.1, 0.15) is 17.1 Å². The summed E-state index contributed by atoms with van der Waals surface area (Å²) in [7, 11) is 1.87. The van der Waals surface area contributed by atoms with Crippen molar-refractivity contribution >= 4 is 5.97 Å². The molecular weight excluding hydrogens is 218 g/mol. The third kappa shape index (κ3) is 2.22. The van der Waals surface area contributed by atoms with E-state index in [9.17, 15) is 9.90 Å². The van der Waals surface area contributed by atoms with Crippen LogP contribution >= 0.6 is 0 Å². The van der Waals surface area contributed by atoms with E-state index < -0.39 is 11.5 Å². The van der Waals surface area contributed by atoms with Crippen LogP contribution in [0.4, 0.5) is 0 Å². The van der Waals surface area contributed by atoms with E-state index in [0.717, 1.165) is 37.2 Å². The smallest absolute Gasteiger partial charge is 0.324 e. The molecule has 0 aromatic carbocycles. The van der Waals surface area contributed by atoms with Crippen molar-refractivity contribution in [3.63, 3.8) is 0 Å². The highest BCUT2D eigenvalue weighted by molar-refractivity contribution is 5.79. The summed E-state index contributed by atoms with van der Waals surface area (Å²) >= 11 is 0. The number of hydrogen-bond donors (Lipinski definition) is 1. The second-order valence-electron chi connectivity index (χ2n) is 4.91. The highest BCUT2D eigenvalue weighted by Crippen LogP contribution is 2.35. The Morgan fingerprint density at radius 1 is 1.47 bits per heavy atom. The number of nitrogens with zero attached hydrogens (tertiary/aromatic N) is 1. The fraction of sp³-hybridized carbons (Fsp3) is 0.615. The molecule has 94 valence electrons. The van der Waals surface area contributed by atoms with E-state index in [-0.39, 0.29) is 0 Å². The van der Waals surface area contributed by atoms with Crippen LogP contribution in [0.3, 0.4) is 0 Å². The standard InChI is InChI=1S/C13H19NO3/c1-10-5-6-11(17-10)9-14(2)13(12(15)16)7-3-4-8-13/h5-6H,3-4,7-9H2,1-2H3,(H,15,16). The van der Waals surface area contributed by atoms with Crippen molar-refractivity contribution in [1.82, 2.24) is 4.90 Å². The normalized spacial score (nSPS) is 18.8. The van der Waals surface area contributed by atoms with E-state index in [1.807, 2.05) is 31.0 Å². The Labute approximate surface area is 101 Å². The highest BCUT2D eigenvalue weighted by atomic mass is 16.4. The van der Waals surface area contributed by atoms with Crippen LogP contribution < -0.4 is 0 Å². The molecule has 1 aliphatic carbocycles. The number of aliphatic carboxylic acids is 1. The van der Waals surface area contributed by atoms with Gasteiger partial charge in [-0.3, -0.25) is 9.69 Å². The molecule has 4 nitrogen and oxygen atoms in total. The third-order valence-corrected chi connectivity index (χ3v) is 3.75. The average Bonchev–Trinajstić information content (AvgIpc) is 2.87. The molecule has 0 bridgehead atoms. The lowest BCUT2D eigenvalue weighted by molar-refractivity contribution is -0.151. The Hall–Kier alpha value is -1.29. The number of carboxylic acid groups (broad SMARTS) is 1. The van der Waals surface area contributed by atoms with Crippen molar-refractivity contribution in [3.8, 4) is 0 Å². The van der Waals surface area contributed by atoms with Crippen LogP contribution in [0.5, 0.6) is 0 Å². The molecule has 0 amide bonds. The van der Waals surface area contributed by atoms with Crippen molar-refractivity contribution in [2.45, 2.75) is 44.7 Å². The van der Waals surface area contributed by atoms with E-state index in [4.69, 9.17) is 4.42 Å². The van der Waals surface area contributed by atoms with E-state index >= 15 is 0 Å². The fourth-order valence-corrected chi connectivity index (χ4v) is 2.67. The van der Waals surface area contributed by atoms with Gasteiger partial charge in [-0.2, -0.15) is 0 Å². The summed E-state index contributed by atoms with van der Waals surface area (Å²) < 4.78 is 5.50. The fourth-order valence-electron chi connectivity index (χ4n) is 2.67. The van der Waals surface area contributed by atoms with Gasteiger partial charge in [0.05, 0.1) is 6.54 Å². The van der Waals surface area contributed by atoms with E-state index in [2.05, 4.69) is 0 Å². The molecule has 4 heteroatoms. The van der Waals surface area contributed by atoms with E-state index in [0.29, 0.717) is 6.54 Å². The summed E-state index contributed by atoms with van der Waals surface area (Å²) in [6, 6.07) is 3.82. The Morgan fingerprint density at radius 2 is 2.12 bits per heavy atom. The van der Waals surface area contributed by atoms with E-state index in [1.165, 1.54) is 0 Å². The number of rotatable bonds is 4. The van der Waals surface area contributed by atoms with Gasteiger partial charge in [-0.15, -0.1) is 0 Å². The van der Waals surface area contributed by atoms with Gasteiger partial charge in [0, 0.05) is 0 Å². The van der Waals surface area contributed by atoms with Gasteiger partial charge < -0.3 is 9.52 Å². The van der Waals surface area contributed by atoms with Gasteiger partial charge in [0.15, 0.2) is 0 Å². The van der Waals surface area contributed by atoms with Crippen LogP contribution in [0.15, 0.2) is 16.5 Å². The number of carboxylic acids is 1. The summed E-state index contributed by atoms with van der Waals surface area (Å²) in [4.78, 5) is 13.4. The quantitative estimate of drug-likeness (QED) is 0.873. The van der Waals surface area contributed by atoms with Crippen LogP contribution in [0, 0.1) is 6.92 Å². The van der Waals surface area contributed by atoms with Gasteiger partial charge in [-0.1, -0.05) is 12.8 Å². The first-order chi connectivity index (χ1) is 8.04. The maximum absolute atomic E-state index is 11.5. The molecule has 0 atom stereocenters. The monoisotopic (exact) mass is 237 g/mol. The van der Waals surface area contributed by atoms with E-state index in [1.54, 1.807) is 0 Å². The molecule has 0 aliphatic heterocycles. The summed E-state index contributed by atoms with van der Waals surface area (Å²) in [6.07, 6.45) is 3.46. The van der Waals surface area contributed by atoms with Gasteiger partial charge >= 0.3 is 5.97 Å². The molecule has 1 aliphatic rings. The zero-order valence-electron chi connectivity index (χ0n) is 10.4. The zero-order chi connectivity index (χ0) is 12.5. The van der Waals surface area contributed by atoms with Crippen LogP contribution in [0.25, 0.3) is 0 Å². The first-order valence-corrected chi connectivity index (χ1v) is 6.04. The number of aryl methyl sites for hydroxylation is 1. The van der Waals surface area contributed by atoms with Crippen molar-refractivity contribution in [3.05, 3.63) is 23.7 Å². The second kappa shape index (κ2) is 4.53. The molecule has 0 unspecified atom stereocenters. The molecule has 0 saturated heterocycles. The maximum atomic E-state index is 11.5. The topological polar surface area (TPSA) is 53.7 Å². The Morgan fingerprint density at radius 3 is 2.59 bits per heavy atom. The molecule has 1 aromatic rings. The summed E-state index contributed by atoms with van der Waals surface area (Å²) in [5.74, 6) is 0.988. The molecule has 2 rings (SSSR count). The Balaban J connectivity index is 2.12. The van der Waals surface area contributed by atoms with Crippen LogP contribution in [-0.4, -0.2) is 28.6 Å². The van der Waals surface area contributed by atoms with Gasteiger partial charge in [0.25, 0.3) is 0 Å². The highest BCUT2D eigenvalue weighted by Gasteiger charge is 2.44. The number of hydrogen-bond acceptors (Lipinski definition) is 3. The number of likely N-dealkylation sites (N-methyl/N-ethyl adjacent to an activating group) is 1. The minimum atomic E-state index is -0.708. The summed E-state index contributed by atoms with van der Waals surface area (Å²) in [6.45, 7) is 2.45. The van der Waals surface area contributed by atoms with Gasteiger partial charge in [-0.25, -0.2) is 0 Å². The third-order valence-electron chi connectivity index (χ3n) is 3.75. The zero-order valence-corrected chi connectivity index (χ0v) is 10.4. The largest absolute Gasteiger partial charge is 0.480 e. The molecule has 0 spiro atoms. The molecule has 0 radical (unpaired) electrons.